The molecule has 190 valence electrons. The summed E-state index contributed by atoms with van der Waals surface area (Å²) in [5, 5.41) is 5.42. The van der Waals surface area contributed by atoms with E-state index in [0.29, 0.717) is 29.8 Å². The largest absolute Gasteiger partial charge is 0.454 e. The molecule has 0 N–H and O–H groups in total. The topological polar surface area (TPSA) is 49.1 Å². The molecule has 0 fully saturated rings. The number of benzene rings is 2. The fourth-order valence-electron chi connectivity index (χ4n) is 3.61. The zero-order valence-corrected chi connectivity index (χ0v) is 26.6. The number of rotatable bonds is 11. The molecule has 0 amide bonds. The average Bonchev–Trinajstić information content (AvgIpc) is 3.50. The molecule has 5 nitrogen and oxygen atoms in total. The van der Waals surface area contributed by atoms with E-state index in [4.69, 9.17) is 4.74 Å². The third-order valence-electron chi connectivity index (χ3n) is 5.18. The molecule has 0 spiro atoms. The molecule has 1 unspecified atom stereocenters. The van der Waals surface area contributed by atoms with E-state index in [2.05, 4.69) is 48.3 Å². The van der Waals surface area contributed by atoms with Crippen LogP contribution in [0.15, 0.2) is 48.8 Å². The fourth-order valence-corrected chi connectivity index (χ4v) is 7.70. The molecule has 0 aliphatic rings. The van der Waals surface area contributed by atoms with Gasteiger partial charge in [0.05, 0.1) is 17.6 Å². The van der Waals surface area contributed by atoms with E-state index in [9.17, 15) is 9.18 Å². The van der Waals surface area contributed by atoms with Crippen molar-refractivity contribution in [1.82, 2.24) is 13.5 Å². The Morgan fingerprint density at radius 2 is 1.94 bits per heavy atom. The highest BCUT2D eigenvalue weighted by Gasteiger charge is 2.19. The predicted molar refractivity (Wildman–Crippen MR) is 169 cm³/mol. The van der Waals surface area contributed by atoms with Crippen molar-refractivity contribution >= 4 is 98.3 Å². The Bertz CT molecular complexity index is 1390. The summed E-state index contributed by atoms with van der Waals surface area (Å²) >= 11 is 7.39. The molecule has 0 bridgehead atoms. The standard InChI is InChI=1S/C23H20F2I2N3O2PS3/c1-14(31)35-11-10-34-9-6-17-16-4-7-29(36-27)22(16)13-20(25)23(17)32-15-2-3-19(24)18(12-15)21-5-8-30(28-21)33-26/h2-5,7-8,12-13,33H,6,9-11H2,1H3. The van der Waals surface area contributed by atoms with Crippen molar-refractivity contribution in [3.8, 4) is 22.8 Å². The van der Waals surface area contributed by atoms with Crippen LogP contribution in [0, 0.1) is 11.6 Å². The van der Waals surface area contributed by atoms with E-state index in [1.54, 1.807) is 41.5 Å². The summed E-state index contributed by atoms with van der Waals surface area (Å²) in [7, 11) is 1.46. The van der Waals surface area contributed by atoms with Crippen molar-refractivity contribution in [1.29, 1.82) is 0 Å². The molecule has 2 aromatic heterocycles. The van der Waals surface area contributed by atoms with Crippen LogP contribution in [0.5, 0.6) is 11.5 Å². The number of carbonyl (C=O) groups is 1. The van der Waals surface area contributed by atoms with Crippen LogP contribution < -0.4 is 4.74 Å². The smallest absolute Gasteiger partial charge is 0.185 e. The van der Waals surface area contributed by atoms with Gasteiger partial charge in [0.25, 0.3) is 0 Å². The summed E-state index contributed by atoms with van der Waals surface area (Å²) in [6, 6.07) is 9.57. The molecule has 0 aliphatic carbocycles. The van der Waals surface area contributed by atoms with Gasteiger partial charge in [-0.1, -0.05) is 11.8 Å². The van der Waals surface area contributed by atoms with Gasteiger partial charge < -0.3 is 4.74 Å². The summed E-state index contributed by atoms with van der Waals surface area (Å²) in [6.45, 7) is 1.56. The van der Waals surface area contributed by atoms with Crippen LogP contribution in [0.3, 0.4) is 0 Å². The molecule has 2 aromatic carbocycles. The lowest BCUT2D eigenvalue weighted by molar-refractivity contribution is -0.109. The number of ether oxygens (including phenoxy) is 1. The first-order chi connectivity index (χ1) is 17.4. The number of hydrogen-bond acceptors (Lipinski definition) is 6. The van der Waals surface area contributed by atoms with Gasteiger partial charge >= 0.3 is 0 Å². The van der Waals surface area contributed by atoms with Gasteiger partial charge in [-0.3, -0.25) is 8.77 Å². The molecule has 0 saturated carbocycles. The monoisotopic (exact) mass is 789 g/mol. The van der Waals surface area contributed by atoms with E-state index in [0.717, 1.165) is 33.7 Å². The molecule has 0 aliphatic heterocycles. The second-order valence-corrected chi connectivity index (χ2v) is 13.8. The highest BCUT2D eigenvalue weighted by molar-refractivity contribution is 14.2. The van der Waals surface area contributed by atoms with Gasteiger partial charge in [0.15, 0.2) is 16.7 Å². The van der Waals surface area contributed by atoms with Crippen LogP contribution >= 0.6 is 82.3 Å². The predicted octanol–water partition coefficient (Wildman–Crippen LogP) is 8.77. The molecular weight excluding hydrogens is 769 g/mol. The Hall–Kier alpha value is -0.540. The van der Waals surface area contributed by atoms with Gasteiger partial charge in [-0.05, 0) is 64.5 Å². The normalized spacial score (nSPS) is 11.7. The third kappa shape index (κ3) is 6.90. The van der Waals surface area contributed by atoms with Gasteiger partial charge in [-0.2, -0.15) is 16.9 Å². The zero-order chi connectivity index (χ0) is 25.7. The number of halogens is 4. The summed E-state index contributed by atoms with van der Waals surface area (Å²) in [4.78, 5) is 11.1. The third-order valence-corrected chi connectivity index (χ3v) is 10.9. The minimum atomic E-state index is -0.471. The number of hydrogen-bond donors (Lipinski definition) is 0. The first kappa shape index (κ1) is 28.5. The fraction of sp³-hybridized carbons (Fsp3) is 0.217. The van der Waals surface area contributed by atoms with E-state index in [1.165, 1.54) is 39.1 Å². The Morgan fingerprint density at radius 3 is 2.67 bits per heavy atom. The molecule has 13 heteroatoms. The first-order valence-corrected chi connectivity index (χ1v) is 20.2. The number of carbonyl (C=O) groups excluding carboxylic acids is 1. The van der Waals surface area contributed by atoms with Crippen LogP contribution in [0.1, 0.15) is 12.5 Å². The van der Waals surface area contributed by atoms with E-state index in [1.807, 2.05) is 16.2 Å². The molecule has 4 rings (SSSR count). The second kappa shape index (κ2) is 13.5. The molecule has 0 saturated heterocycles. The van der Waals surface area contributed by atoms with Gasteiger partial charge in [-0.25, -0.2) is 13.2 Å². The number of thioether (sulfide) groups is 2. The molecular formula is C23H20F2I2N3O2PS3. The summed E-state index contributed by atoms with van der Waals surface area (Å²) < 4.78 is 39.8. The maximum Gasteiger partial charge on any atom is 0.185 e. The Balaban J connectivity index is 1.64. The first-order valence-electron chi connectivity index (χ1n) is 10.6. The number of nitrogens with zero attached hydrogens (tertiary/aromatic N) is 3. The maximum absolute atomic E-state index is 15.4. The average molecular weight is 789 g/mol. The summed E-state index contributed by atoms with van der Waals surface area (Å²) in [5.41, 5.74) is 2.34. The summed E-state index contributed by atoms with van der Waals surface area (Å²) in [6.07, 6.45) is 4.69. The maximum atomic E-state index is 15.4. The lowest BCUT2D eigenvalue weighted by atomic mass is 10.1. The highest BCUT2D eigenvalue weighted by Crippen LogP contribution is 2.39. The lowest BCUT2D eigenvalue weighted by Gasteiger charge is -2.15. The molecule has 0 radical (unpaired) electrons. The van der Waals surface area contributed by atoms with Crippen LogP contribution in [0.2, 0.25) is 0 Å². The minimum Gasteiger partial charge on any atom is -0.454 e. The van der Waals surface area contributed by atoms with Crippen molar-refractivity contribution < 1.29 is 18.3 Å². The number of aromatic nitrogens is 3. The lowest BCUT2D eigenvalue weighted by Crippen LogP contribution is -2.00. The van der Waals surface area contributed by atoms with Gasteiger partial charge in [0.1, 0.15) is 11.6 Å². The Morgan fingerprint density at radius 1 is 1.11 bits per heavy atom. The van der Waals surface area contributed by atoms with Gasteiger partial charge in [-0.15, -0.1) is 0 Å². The minimum absolute atomic E-state index is 0.107. The van der Waals surface area contributed by atoms with Crippen LogP contribution in [0.25, 0.3) is 22.2 Å². The van der Waals surface area contributed by atoms with Crippen molar-refractivity contribution in [2.75, 3.05) is 17.3 Å². The van der Waals surface area contributed by atoms with Crippen molar-refractivity contribution in [2.24, 2.45) is 0 Å². The molecule has 36 heavy (non-hydrogen) atoms. The Kier molecular flexibility index (Phi) is 10.7. The number of aryl methyl sites for hydroxylation is 1. The van der Waals surface area contributed by atoms with Crippen molar-refractivity contribution in [3.05, 3.63) is 66.0 Å². The van der Waals surface area contributed by atoms with E-state index < -0.39 is 11.6 Å². The number of fused-ring (bicyclic) bond motifs is 1. The Labute approximate surface area is 247 Å². The zero-order valence-electron chi connectivity index (χ0n) is 18.8. The van der Waals surface area contributed by atoms with Gasteiger partial charge in [0.2, 0.25) is 0 Å². The summed E-state index contributed by atoms with van der Waals surface area (Å²) in [5.74, 6) is 1.92. The van der Waals surface area contributed by atoms with Crippen LogP contribution in [0.4, 0.5) is 8.78 Å². The quantitative estimate of drug-likeness (QED) is 0.0861. The van der Waals surface area contributed by atoms with E-state index >= 15 is 4.39 Å². The van der Waals surface area contributed by atoms with Crippen molar-refractivity contribution in [2.45, 2.75) is 13.3 Å². The van der Waals surface area contributed by atoms with Crippen molar-refractivity contribution in [3.63, 3.8) is 0 Å². The molecule has 4 aromatic rings. The molecule has 2 heterocycles. The highest BCUT2D eigenvalue weighted by atomic mass is 127. The molecule has 1 atom stereocenters. The van der Waals surface area contributed by atoms with Gasteiger partial charge in [0, 0.05) is 83.7 Å². The second-order valence-electron chi connectivity index (χ2n) is 7.49. The van der Waals surface area contributed by atoms with Crippen LogP contribution in [-0.4, -0.2) is 35.9 Å². The van der Waals surface area contributed by atoms with Crippen LogP contribution in [-0.2, 0) is 11.2 Å². The van der Waals surface area contributed by atoms with E-state index in [-0.39, 0.29) is 10.9 Å². The SMILES string of the molecule is CC(=O)SCCSCCc1c(Oc2ccc(F)c(-c3ccn(PI)n3)c2)c(F)cc2c1ccn2SI.